The second-order valence-corrected chi connectivity index (χ2v) is 11.3. The van der Waals surface area contributed by atoms with Gasteiger partial charge in [0, 0.05) is 48.9 Å². The number of ether oxygens (including phenoxy) is 2. The quantitative estimate of drug-likeness (QED) is 0.218. The SMILES string of the molecule is Cl.Cl.Nc1nc2c(c(N3CCN(CCc4cccc(OCC(=O)O)c4)CC3)n1)CCc1cc(OCc3ccc(Cl)cc3)ccc1-2. The molecule has 2 heterocycles. The zero-order chi connectivity index (χ0) is 29.8. The summed E-state index contributed by atoms with van der Waals surface area (Å²) >= 11 is 6.00. The molecule has 0 saturated carbocycles. The molecule has 2 aliphatic rings. The highest BCUT2D eigenvalue weighted by Crippen LogP contribution is 2.38. The van der Waals surface area contributed by atoms with Crippen LogP contribution in [0.15, 0.2) is 66.7 Å². The molecule has 0 unspecified atom stereocenters. The second kappa shape index (κ2) is 15.5. The van der Waals surface area contributed by atoms with Crippen molar-refractivity contribution in [3.63, 3.8) is 0 Å². The number of fused-ring (bicyclic) bond motifs is 3. The van der Waals surface area contributed by atoms with Gasteiger partial charge in [0.25, 0.3) is 0 Å². The highest BCUT2D eigenvalue weighted by molar-refractivity contribution is 6.30. The highest BCUT2D eigenvalue weighted by atomic mass is 35.5. The molecule has 1 saturated heterocycles. The van der Waals surface area contributed by atoms with Gasteiger partial charge in [-0.2, -0.15) is 4.98 Å². The average Bonchev–Trinajstić information content (AvgIpc) is 3.02. The maximum Gasteiger partial charge on any atom is 0.341 e. The van der Waals surface area contributed by atoms with Crippen LogP contribution in [-0.2, 0) is 30.7 Å². The summed E-state index contributed by atoms with van der Waals surface area (Å²) < 4.78 is 11.4. The number of hydrogen-bond acceptors (Lipinski definition) is 8. The number of carboxylic acid groups (broad SMARTS) is 1. The van der Waals surface area contributed by atoms with E-state index >= 15 is 0 Å². The van der Waals surface area contributed by atoms with Gasteiger partial charge in [-0.15, -0.1) is 24.8 Å². The van der Waals surface area contributed by atoms with E-state index in [1.165, 1.54) is 5.56 Å². The van der Waals surface area contributed by atoms with E-state index in [4.69, 9.17) is 36.9 Å². The molecule has 0 radical (unpaired) electrons. The van der Waals surface area contributed by atoms with E-state index in [9.17, 15) is 4.79 Å². The molecule has 12 heteroatoms. The lowest BCUT2D eigenvalue weighted by atomic mass is 9.88. The van der Waals surface area contributed by atoms with Crippen LogP contribution in [0, 0.1) is 0 Å². The van der Waals surface area contributed by atoms with Gasteiger partial charge >= 0.3 is 5.97 Å². The second-order valence-electron chi connectivity index (χ2n) is 10.9. The Balaban J connectivity index is 0.00000230. The van der Waals surface area contributed by atoms with Crippen molar-refractivity contribution < 1.29 is 19.4 Å². The van der Waals surface area contributed by atoms with Crippen LogP contribution < -0.4 is 20.1 Å². The fraction of sp³-hybridized carbons (Fsp3) is 0.303. The van der Waals surface area contributed by atoms with E-state index in [1.54, 1.807) is 6.07 Å². The van der Waals surface area contributed by atoms with E-state index in [0.717, 1.165) is 91.5 Å². The fourth-order valence-corrected chi connectivity index (χ4v) is 5.84. The topological polar surface area (TPSA) is 114 Å². The van der Waals surface area contributed by atoms with Crippen molar-refractivity contribution in [2.75, 3.05) is 50.0 Å². The molecule has 4 aromatic rings. The number of nitrogens with two attached hydrogens (primary N) is 1. The molecule has 1 aromatic heterocycles. The molecular weight excluding hydrogens is 637 g/mol. The standard InChI is InChI=1S/C33H34ClN5O4.2ClH/c34-25-7-4-23(5-8-25)20-42-27-9-11-28-24(19-27)6-10-29-31(28)36-33(35)37-32(29)39-16-14-38(15-17-39)13-12-22-2-1-3-26(18-22)43-21-30(40)41;;/h1-5,7-9,11,18-19H,6,10,12-17,20-21H2,(H,40,41)(H2,35,36,37);2*1H. The van der Waals surface area contributed by atoms with Crippen LogP contribution >= 0.6 is 36.4 Å². The van der Waals surface area contributed by atoms with Crippen LogP contribution in [0.25, 0.3) is 11.3 Å². The first-order chi connectivity index (χ1) is 20.9. The van der Waals surface area contributed by atoms with Gasteiger partial charge in [-0.3, -0.25) is 4.90 Å². The van der Waals surface area contributed by atoms with Crippen molar-refractivity contribution in [1.29, 1.82) is 0 Å². The lowest BCUT2D eigenvalue weighted by Gasteiger charge is -2.37. The first-order valence-corrected chi connectivity index (χ1v) is 14.9. The molecule has 3 N–H and O–H groups in total. The summed E-state index contributed by atoms with van der Waals surface area (Å²) in [6.07, 6.45) is 2.59. The highest BCUT2D eigenvalue weighted by Gasteiger charge is 2.27. The van der Waals surface area contributed by atoms with Gasteiger partial charge in [0.05, 0.1) is 5.69 Å². The van der Waals surface area contributed by atoms with Crippen LogP contribution in [-0.4, -0.2) is 65.3 Å². The number of anilines is 2. The monoisotopic (exact) mass is 671 g/mol. The number of carbonyl (C=O) groups is 1. The van der Waals surface area contributed by atoms with Crippen molar-refractivity contribution in [3.8, 4) is 22.8 Å². The summed E-state index contributed by atoms with van der Waals surface area (Å²) in [6.45, 7) is 4.60. The Morgan fingerprint density at radius 2 is 1.64 bits per heavy atom. The number of benzene rings is 3. The number of piperazine rings is 1. The van der Waals surface area contributed by atoms with Gasteiger partial charge in [0.2, 0.25) is 5.95 Å². The summed E-state index contributed by atoms with van der Waals surface area (Å²) in [4.78, 5) is 25.0. The molecule has 0 amide bonds. The lowest BCUT2D eigenvalue weighted by molar-refractivity contribution is -0.139. The Hall–Kier alpha value is -3.76. The Morgan fingerprint density at radius 3 is 2.40 bits per heavy atom. The number of aromatic nitrogens is 2. The molecule has 45 heavy (non-hydrogen) atoms. The van der Waals surface area contributed by atoms with Crippen LogP contribution in [0.4, 0.5) is 11.8 Å². The Bertz CT molecular complexity index is 1610. The van der Waals surface area contributed by atoms with Gasteiger partial charge in [-0.25, -0.2) is 9.78 Å². The number of carboxylic acids is 1. The zero-order valence-corrected chi connectivity index (χ0v) is 27.0. The van der Waals surface area contributed by atoms with E-state index < -0.39 is 5.97 Å². The fourth-order valence-electron chi connectivity index (χ4n) is 5.71. The van der Waals surface area contributed by atoms with Gasteiger partial charge in [-0.05, 0) is 78.4 Å². The predicted octanol–water partition coefficient (Wildman–Crippen LogP) is 5.73. The number of nitrogen functional groups attached to an aromatic ring is 1. The minimum atomic E-state index is -0.982. The average molecular weight is 673 g/mol. The molecule has 0 spiro atoms. The summed E-state index contributed by atoms with van der Waals surface area (Å²) in [6, 6.07) is 21.5. The Labute approximate surface area is 280 Å². The molecule has 1 aliphatic carbocycles. The maximum absolute atomic E-state index is 10.8. The molecular formula is C33H36Cl3N5O4. The molecule has 238 valence electrons. The molecule has 1 fully saturated rings. The van der Waals surface area contributed by atoms with Crippen molar-refractivity contribution in [3.05, 3.63) is 94.0 Å². The first-order valence-electron chi connectivity index (χ1n) is 14.5. The van der Waals surface area contributed by atoms with E-state index in [-0.39, 0.29) is 37.4 Å². The molecule has 0 bridgehead atoms. The van der Waals surface area contributed by atoms with E-state index in [2.05, 4.69) is 26.9 Å². The van der Waals surface area contributed by atoms with Crippen LogP contribution in [0.1, 0.15) is 22.3 Å². The van der Waals surface area contributed by atoms with Gasteiger partial charge in [-0.1, -0.05) is 35.9 Å². The molecule has 0 atom stereocenters. The number of halogens is 3. The third-order valence-corrected chi connectivity index (χ3v) is 8.20. The minimum absolute atomic E-state index is 0. The normalized spacial score (nSPS) is 13.9. The molecule has 1 aliphatic heterocycles. The Morgan fingerprint density at radius 1 is 0.889 bits per heavy atom. The van der Waals surface area contributed by atoms with Crippen LogP contribution in [0.3, 0.4) is 0 Å². The smallest absolute Gasteiger partial charge is 0.341 e. The van der Waals surface area contributed by atoms with Crippen LogP contribution in [0.2, 0.25) is 5.02 Å². The zero-order valence-electron chi connectivity index (χ0n) is 24.7. The van der Waals surface area contributed by atoms with Crippen molar-refractivity contribution >= 4 is 54.2 Å². The Kier molecular flexibility index (Phi) is 11.7. The van der Waals surface area contributed by atoms with E-state index in [1.807, 2.05) is 48.5 Å². The predicted molar refractivity (Wildman–Crippen MR) is 181 cm³/mol. The first kappa shape index (κ1) is 34.1. The van der Waals surface area contributed by atoms with Gasteiger partial charge in [0.15, 0.2) is 6.61 Å². The molecule has 3 aromatic carbocycles. The molecule has 6 rings (SSSR count). The largest absolute Gasteiger partial charge is 0.489 e. The summed E-state index contributed by atoms with van der Waals surface area (Å²) in [5, 5.41) is 9.57. The van der Waals surface area contributed by atoms with Gasteiger partial charge < -0.3 is 25.2 Å². The number of aryl methyl sites for hydroxylation is 1. The number of hydrogen-bond donors (Lipinski definition) is 2. The van der Waals surface area contributed by atoms with Crippen molar-refractivity contribution in [2.45, 2.75) is 25.9 Å². The van der Waals surface area contributed by atoms with E-state index in [0.29, 0.717) is 17.4 Å². The summed E-state index contributed by atoms with van der Waals surface area (Å²) in [7, 11) is 0. The number of nitrogens with zero attached hydrogens (tertiary/aromatic N) is 4. The number of aliphatic carboxylic acids is 1. The summed E-state index contributed by atoms with van der Waals surface area (Å²) in [5.74, 6) is 1.66. The third kappa shape index (κ3) is 8.49. The van der Waals surface area contributed by atoms with Crippen molar-refractivity contribution in [1.82, 2.24) is 14.9 Å². The van der Waals surface area contributed by atoms with Crippen molar-refractivity contribution in [2.24, 2.45) is 0 Å². The van der Waals surface area contributed by atoms with Gasteiger partial charge in [0.1, 0.15) is 23.9 Å². The third-order valence-electron chi connectivity index (χ3n) is 7.95. The number of rotatable bonds is 10. The van der Waals surface area contributed by atoms with Crippen LogP contribution in [0.5, 0.6) is 11.5 Å². The lowest BCUT2D eigenvalue weighted by Crippen LogP contribution is -2.47. The maximum atomic E-state index is 10.8. The molecule has 9 nitrogen and oxygen atoms in total. The minimum Gasteiger partial charge on any atom is -0.489 e. The summed E-state index contributed by atoms with van der Waals surface area (Å²) in [5.41, 5.74) is 12.8.